The predicted octanol–water partition coefficient (Wildman–Crippen LogP) is 2.93. The van der Waals surface area contributed by atoms with Gasteiger partial charge in [0.05, 0.1) is 19.8 Å². The highest BCUT2D eigenvalue weighted by Gasteiger charge is 2.23. The number of carbonyl (C=O) groups is 2. The van der Waals surface area contributed by atoms with Crippen molar-refractivity contribution >= 4 is 17.6 Å². The minimum absolute atomic E-state index is 0.308. The summed E-state index contributed by atoms with van der Waals surface area (Å²) in [5.74, 6) is -0.0445. The first kappa shape index (κ1) is 16.6. The first-order valence-electron chi connectivity index (χ1n) is 7.27. The standard InChI is InChI=1S/C17H20N2O4/c1-5-13-14(17(21)23-4)10(2)15(19-13)16(20)18-11-6-8-12(22-3)9-7-11/h6-9,19H,5H2,1-4H3,(H,18,20). The van der Waals surface area contributed by atoms with E-state index in [4.69, 9.17) is 9.47 Å². The van der Waals surface area contributed by atoms with E-state index in [0.29, 0.717) is 40.4 Å². The van der Waals surface area contributed by atoms with Crippen LogP contribution in [-0.4, -0.2) is 31.1 Å². The zero-order valence-electron chi connectivity index (χ0n) is 13.6. The number of nitrogens with one attached hydrogen (secondary N) is 2. The van der Waals surface area contributed by atoms with Gasteiger partial charge in [-0.1, -0.05) is 6.92 Å². The molecule has 0 saturated carbocycles. The number of methoxy groups -OCH3 is 2. The van der Waals surface area contributed by atoms with E-state index in [1.165, 1.54) is 7.11 Å². The van der Waals surface area contributed by atoms with Gasteiger partial charge in [0.1, 0.15) is 11.4 Å². The average molecular weight is 316 g/mol. The number of aryl methyl sites for hydroxylation is 1. The molecule has 0 unspecified atom stereocenters. The highest BCUT2D eigenvalue weighted by Crippen LogP contribution is 2.22. The maximum atomic E-state index is 12.5. The zero-order valence-corrected chi connectivity index (χ0v) is 13.6. The fraction of sp³-hybridized carbons (Fsp3) is 0.294. The molecule has 2 aromatic rings. The number of H-pyrrole nitrogens is 1. The SMILES string of the molecule is CCc1[nH]c(C(=O)Nc2ccc(OC)cc2)c(C)c1C(=O)OC. The van der Waals surface area contributed by atoms with Gasteiger partial charge in [-0.3, -0.25) is 4.79 Å². The molecule has 1 heterocycles. The van der Waals surface area contributed by atoms with Crippen LogP contribution in [0.5, 0.6) is 5.75 Å². The van der Waals surface area contributed by atoms with Crippen molar-refractivity contribution < 1.29 is 19.1 Å². The largest absolute Gasteiger partial charge is 0.497 e. The second-order valence-electron chi connectivity index (χ2n) is 5.01. The van der Waals surface area contributed by atoms with E-state index in [1.807, 2.05) is 6.92 Å². The van der Waals surface area contributed by atoms with Crippen LogP contribution in [0.2, 0.25) is 0 Å². The zero-order chi connectivity index (χ0) is 17.0. The number of aromatic nitrogens is 1. The van der Waals surface area contributed by atoms with Crippen LogP contribution in [-0.2, 0) is 11.2 Å². The van der Waals surface area contributed by atoms with Gasteiger partial charge < -0.3 is 19.8 Å². The van der Waals surface area contributed by atoms with Gasteiger partial charge >= 0.3 is 5.97 Å². The minimum atomic E-state index is -0.445. The summed E-state index contributed by atoms with van der Waals surface area (Å²) >= 11 is 0. The van der Waals surface area contributed by atoms with Gasteiger partial charge in [-0.2, -0.15) is 0 Å². The molecule has 0 spiro atoms. The van der Waals surface area contributed by atoms with Crippen LogP contribution < -0.4 is 10.1 Å². The lowest BCUT2D eigenvalue weighted by molar-refractivity contribution is 0.0599. The summed E-state index contributed by atoms with van der Waals surface area (Å²) in [4.78, 5) is 27.4. The molecule has 23 heavy (non-hydrogen) atoms. The Morgan fingerprint density at radius 3 is 2.35 bits per heavy atom. The fourth-order valence-corrected chi connectivity index (χ4v) is 2.40. The third kappa shape index (κ3) is 3.36. The molecule has 6 nitrogen and oxygen atoms in total. The molecule has 0 atom stereocenters. The summed E-state index contributed by atoms with van der Waals surface area (Å²) in [6, 6.07) is 7.01. The summed E-state index contributed by atoms with van der Waals surface area (Å²) in [5.41, 5.74) is 2.70. The number of anilines is 1. The monoisotopic (exact) mass is 316 g/mol. The fourth-order valence-electron chi connectivity index (χ4n) is 2.40. The average Bonchev–Trinajstić information content (AvgIpc) is 2.91. The molecule has 1 aromatic heterocycles. The second kappa shape index (κ2) is 7.00. The highest BCUT2D eigenvalue weighted by molar-refractivity contribution is 6.06. The number of benzene rings is 1. The summed E-state index contributed by atoms with van der Waals surface area (Å²) in [6.07, 6.45) is 0.598. The lowest BCUT2D eigenvalue weighted by Gasteiger charge is -2.06. The Kier molecular flexibility index (Phi) is 5.05. The predicted molar refractivity (Wildman–Crippen MR) is 87.2 cm³/mol. The van der Waals surface area contributed by atoms with E-state index < -0.39 is 5.97 Å². The third-order valence-corrected chi connectivity index (χ3v) is 3.65. The molecule has 0 radical (unpaired) electrons. The minimum Gasteiger partial charge on any atom is -0.497 e. The van der Waals surface area contributed by atoms with Gasteiger partial charge in [0, 0.05) is 11.4 Å². The quantitative estimate of drug-likeness (QED) is 0.831. The summed E-state index contributed by atoms with van der Waals surface area (Å²) < 4.78 is 9.87. The van der Waals surface area contributed by atoms with Crippen molar-refractivity contribution in [3.05, 3.63) is 46.8 Å². The Hall–Kier alpha value is -2.76. The Labute approximate surface area is 134 Å². The van der Waals surface area contributed by atoms with Gasteiger partial charge in [0.2, 0.25) is 0 Å². The molecular weight excluding hydrogens is 296 g/mol. The van der Waals surface area contributed by atoms with E-state index >= 15 is 0 Å². The van der Waals surface area contributed by atoms with E-state index in [-0.39, 0.29) is 5.91 Å². The number of hydrogen-bond donors (Lipinski definition) is 2. The Balaban J connectivity index is 2.28. The van der Waals surface area contributed by atoms with Crippen LogP contribution in [0.15, 0.2) is 24.3 Å². The van der Waals surface area contributed by atoms with Crippen molar-refractivity contribution in [1.82, 2.24) is 4.98 Å². The molecule has 0 bridgehead atoms. The van der Waals surface area contributed by atoms with Crippen LogP contribution in [0.25, 0.3) is 0 Å². The summed E-state index contributed by atoms with van der Waals surface area (Å²) in [6.45, 7) is 3.63. The molecule has 0 aliphatic rings. The van der Waals surface area contributed by atoms with Gasteiger partial charge in [-0.05, 0) is 43.2 Å². The van der Waals surface area contributed by atoms with Crippen molar-refractivity contribution in [3.63, 3.8) is 0 Å². The Morgan fingerprint density at radius 2 is 1.83 bits per heavy atom. The molecule has 0 aliphatic carbocycles. The molecular formula is C17H20N2O4. The number of hydrogen-bond acceptors (Lipinski definition) is 4. The number of ether oxygens (including phenoxy) is 2. The molecule has 122 valence electrons. The van der Waals surface area contributed by atoms with Crippen molar-refractivity contribution in [1.29, 1.82) is 0 Å². The maximum absolute atomic E-state index is 12.5. The first-order valence-corrected chi connectivity index (χ1v) is 7.27. The Morgan fingerprint density at radius 1 is 1.17 bits per heavy atom. The Bertz CT molecular complexity index is 717. The third-order valence-electron chi connectivity index (χ3n) is 3.65. The molecule has 6 heteroatoms. The number of esters is 1. The number of aromatic amines is 1. The molecule has 0 saturated heterocycles. The second-order valence-corrected chi connectivity index (χ2v) is 5.01. The topological polar surface area (TPSA) is 80.4 Å². The normalized spacial score (nSPS) is 10.3. The lowest BCUT2D eigenvalue weighted by Crippen LogP contribution is -2.14. The van der Waals surface area contributed by atoms with Gasteiger partial charge in [0.15, 0.2) is 0 Å². The molecule has 0 aliphatic heterocycles. The van der Waals surface area contributed by atoms with Crippen LogP contribution in [0.4, 0.5) is 5.69 Å². The number of amides is 1. The van der Waals surface area contributed by atoms with Gasteiger partial charge in [-0.25, -0.2) is 4.79 Å². The maximum Gasteiger partial charge on any atom is 0.339 e. The van der Waals surface area contributed by atoms with E-state index in [1.54, 1.807) is 38.3 Å². The van der Waals surface area contributed by atoms with Gasteiger partial charge in [-0.15, -0.1) is 0 Å². The molecule has 2 N–H and O–H groups in total. The van der Waals surface area contributed by atoms with Crippen molar-refractivity contribution in [3.8, 4) is 5.75 Å². The smallest absolute Gasteiger partial charge is 0.339 e. The van der Waals surface area contributed by atoms with E-state index in [2.05, 4.69) is 10.3 Å². The first-order chi connectivity index (χ1) is 11.0. The van der Waals surface area contributed by atoms with Crippen LogP contribution in [0.1, 0.15) is 39.0 Å². The van der Waals surface area contributed by atoms with Gasteiger partial charge in [0.25, 0.3) is 5.91 Å². The number of carbonyl (C=O) groups excluding carboxylic acids is 2. The van der Waals surface area contributed by atoms with E-state index in [9.17, 15) is 9.59 Å². The van der Waals surface area contributed by atoms with Crippen molar-refractivity contribution in [2.75, 3.05) is 19.5 Å². The lowest BCUT2D eigenvalue weighted by atomic mass is 10.1. The van der Waals surface area contributed by atoms with Crippen molar-refractivity contribution in [2.45, 2.75) is 20.3 Å². The van der Waals surface area contributed by atoms with Crippen LogP contribution >= 0.6 is 0 Å². The van der Waals surface area contributed by atoms with Crippen LogP contribution in [0.3, 0.4) is 0 Å². The summed E-state index contributed by atoms with van der Waals surface area (Å²) in [7, 11) is 2.90. The molecule has 1 amide bonds. The van der Waals surface area contributed by atoms with E-state index in [0.717, 1.165) is 0 Å². The molecule has 2 rings (SSSR count). The molecule has 0 fully saturated rings. The van der Waals surface area contributed by atoms with Crippen molar-refractivity contribution in [2.24, 2.45) is 0 Å². The number of rotatable bonds is 5. The van der Waals surface area contributed by atoms with Crippen LogP contribution in [0, 0.1) is 6.92 Å². The highest BCUT2D eigenvalue weighted by atomic mass is 16.5. The molecule has 1 aromatic carbocycles. The summed E-state index contributed by atoms with van der Waals surface area (Å²) in [5, 5.41) is 2.79.